The van der Waals surface area contributed by atoms with Gasteiger partial charge in [0.05, 0.1) is 21.9 Å². The summed E-state index contributed by atoms with van der Waals surface area (Å²) >= 11 is 6.31. The van der Waals surface area contributed by atoms with Crippen molar-refractivity contribution in [2.45, 2.75) is 38.0 Å². The molecule has 0 bridgehead atoms. The van der Waals surface area contributed by atoms with E-state index in [-0.39, 0.29) is 53.5 Å². The van der Waals surface area contributed by atoms with Crippen LogP contribution in [0.15, 0.2) is 47.0 Å². The van der Waals surface area contributed by atoms with Crippen molar-refractivity contribution in [1.29, 1.82) is 0 Å². The number of rotatable bonds is 4. The number of benzene rings is 2. The highest BCUT2D eigenvalue weighted by atomic mass is 35.5. The molecule has 0 radical (unpaired) electrons. The number of ketones is 1. The maximum absolute atomic E-state index is 14.6. The zero-order valence-corrected chi connectivity index (χ0v) is 17.8. The molecule has 164 valence electrons. The summed E-state index contributed by atoms with van der Waals surface area (Å²) in [6.45, 7) is 0. The Balaban J connectivity index is 1.77. The molecule has 0 aliphatic heterocycles. The molecule has 0 unspecified atom stereocenters. The first-order valence-electron chi connectivity index (χ1n) is 10.2. The van der Waals surface area contributed by atoms with E-state index in [1.165, 1.54) is 12.1 Å². The summed E-state index contributed by atoms with van der Waals surface area (Å²) in [5, 5.41) is 9.33. The van der Waals surface area contributed by atoms with Gasteiger partial charge in [-0.2, -0.15) is 0 Å². The molecule has 0 aromatic heterocycles. The third-order valence-corrected chi connectivity index (χ3v) is 6.03. The van der Waals surface area contributed by atoms with Crippen molar-refractivity contribution in [3.05, 3.63) is 75.1 Å². The van der Waals surface area contributed by atoms with E-state index in [2.05, 4.69) is 4.99 Å². The number of hydrogen-bond donors (Lipinski definition) is 2. The number of aromatic carboxylic acids is 1. The lowest BCUT2D eigenvalue weighted by Gasteiger charge is -2.19. The predicted octanol–water partition coefficient (Wildman–Crippen LogP) is 4.76. The van der Waals surface area contributed by atoms with Crippen LogP contribution in [-0.4, -0.2) is 28.5 Å². The number of Topliss-reactive ketones (excluding diaryl/α,β-unsaturated/α-hetero) is 1. The molecule has 0 atom stereocenters. The summed E-state index contributed by atoms with van der Waals surface area (Å²) in [6, 6.07) is 8.67. The number of nitrogens with zero attached hydrogens (tertiary/aromatic N) is 1. The lowest BCUT2D eigenvalue weighted by molar-refractivity contribution is -0.118. The molecule has 2 saturated carbocycles. The zero-order chi connectivity index (χ0) is 23.0. The van der Waals surface area contributed by atoms with Gasteiger partial charge in [0.25, 0.3) is 5.91 Å². The molecule has 0 spiro atoms. The number of carboxylic acid groups (broad SMARTS) is 1. The average molecular weight is 455 g/mol. The molecule has 2 aliphatic carbocycles. The van der Waals surface area contributed by atoms with Crippen LogP contribution < -0.4 is 5.73 Å². The lowest BCUT2D eigenvalue weighted by atomic mass is 9.88. The highest BCUT2D eigenvalue weighted by Gasteiger charge is 2.30. The fourth-order valence-electron chi connectivity index (χ4n) is 3.90. The molecular weight excluding hydrogens is 435 g/mol. The van der Waals surface area contributed by atoms with Crippen molar-refractivity contribution in [2.24, 2.45) is 10.7 Å². The van der Waals surface area contributed by atoms with Gasteiger partial charge in [0.1, 0.15) is 11.6 Å². The molecule has 8 heteroatoms. The lowest BCUT2D eigenvalue weighted by Crippen LogP contribution is -2.22. The van der Waals surface area contributed by atoms with Crippen LogP contribution in [0.1, 0.15) is 69.9 Å². The van der Waals surface area contributed by atoms with Crippen molar-refractivity contribution in [3.8, 4) is 0 Å². The number of carbonyl (C=O) groups excluding carboxylic acids is 2. The second-order valence-corrected chi connectivity index (χ2v) is 8.36. The van der Waals surface area contributed by atoms with Crippen LogP contribution in [0.4, 0.5) is 4.39 Å². The van der Waals surface area contributed by atoms with E-state index in [0.29, 0.717) is 16.2 Å². The van der Waals surface area contributed by atoms with Crippen LogP contribution in [0.3, 0.4) is 0 Å². The Morgan fingerprint density at radius 2 is 1.91 bits per heavy atom. The maximum Gasteiger partial charge on any atom is 0.335 e. The Morgan fingerprint density at radius 3 is 2.56 bits per heavy atom. The van der Waals surface area contributed by atoms with Crippen LogP contribution in [0.25, 0.3) is 5.70 Å². The normalized spacial score (nSPS) is 19.2. The number of amides is 1. The van der Waals surface area contributed by atoms with Gasteiger partial charge in [-0.25, -0.2) is 14.2 Å². The van der Waals surface area contributed by atoms with Gasteiger partial charge in [-0.3, -0.25) is 9.59 Å². The predicted molar refractivity (Wildman–Crippen MR) is 119 cm³/mol. The van der Waals surface area contributed by atoms with Crippen molar-refractivity contribution in [2.75, 3.05) is 0 Å². The van der Waals surface area contributed by atoms with Gasteiger partial charge in [0.15, 0.2) is 0 Å². The van der Waals surface area contributed by atoms with Gasteiger partial charge in [-0.1, -0.05) is 23.7 Å². The minimum atomic E-state index is -1.26. The molecule has 6 nitrogen and oxygen atoms in total. The summed E-state index contributed by atoms with van der Waals surface area (Å²) in [5.41, 5.74) is 7.78. The van der Waals surface area contributed by atoms with Crippen LogP contribution in [-0.2, 0) is 4.79 Å². The highest BCUT2D eigenvalue weighted by Crippen LogP contribution is 2.43. The Morgan fingerprint density at radius 1 is 1.16 bits per heavy atom. The zero-order valence-electron chi connectivity index (χ0n) is 17.0. The minimum absolute atomic E-state index is 0.00379. The standard InChI is InChI=1S/C24H20ClFN2O4/c25-18-3-1-2-15(12-4-5-12)21(18)23(30)28-20-11-14(29)7-9-17(20)22(27)16-8-6-13(24(31)32)10-19(16)26/h1-3,6,8,10,12H,4-5,7,9,11,27H2,(H,31,32). The van der Waals surface area contributed by atoms with Gasteiger partial charge >= 0.3 is 5.97 Å². The second-order valence-electron chi connectivity index (χ2n) is 7.95. The van der Waals surface area contributed by atoms with Crippen molar-refractivity contribution in [3.63, 3.8) is 0 Å². The first-order chi connectivity index (χ1) is 15.3. The Labute approximate surface area is 188 Å². The van der Waals surface area contributed by atoms with E-state index in [9.17, 15) is 18.8 Å². The Hall–Kier alpha value is -3.32. The van der Waals surface area contributed by atoms with Crippen LogP contribution >= 0.6 is 11.6 Å². The van der Waals surface area contributed by atoms with E-state index in [1.54, 1.807) is 12.1 Å². The van der Waals surface area contributed by atoms with Gasteiger partial charge in [0, 0.05) is 24.1 Å². The number of nitrogens with two attached hydrogens (primary N) is 1. The number of carboxylic acids is 1. The Bertz CT molecular complexity index is 1210. The largest absolute Gasteiger partial charge is 0.478 e. The van der Waals surface area contributed by atoms with Crippen molar-refractivity contribution in [1.82, 2.24) is 0 Å². The minimum Gasteiger partial charge on any atom is -0.478 e. The maximum atomic E-state index is 14.6. The average Bonchev–Trinajstić information content (AvgIpc) is 3.58. The summed E-state index contributed by atoms with van der Waals surface area (Å²) in [7, 11) is 0. The molecule has 0 heterocycles. The highest BCUT2D eigenvalue weighted by molar-refractivity contribution is 6.34. The fraction of sp³-hybridized carbons (Fsp3) is 0.250. The first kappa shape index (κ1) is 21.9. The fourth-order valence-corrected chi connectivity index (χ4v) is 4.16. The smallest absolute Gasteiger partial charge is 0.335 e. The molecular formula is C24H20ClFN2O4. The summed E-state index contributed by atoms with van der Waals surface area (Å²) in [5.74, 6) is -2.46. The topological polar surface area (TPSA) is 110 Å². The number of aliphatic imine (C=N–C) groups is 1. The van der Waals surface area contributed by atoms with Gasteiger partial charge < -0.3 is 10.8 Å². The van der Waals surface area contributed by atoms with Crippen molar-refractivity contribution >= 4 is 40.7 Å². The third-order valence-electron chi connectivity index (χ3n) is 5.71. The van der Waals surface area contributed by atoms with Gasteiger partial charge in [-0.05, 0) is 60.6 Å². The molecule has 1 amide bonds. The van der Waals surface area contributed by atoms with Crippen LogP contribution in [0, 0.1) is 5.82 Å². The second kappa shape index (κ2) is 8.67. The quantitative estimate of drug-likeness (QED) is 0.692. The molecule has 2 aromatic rings. The summed E-state index contributed by atoms with van der Waals surface area (Å²) in [6.07, 6.45) is 2.24. The SMILES string of the molecule is NC(=C1CCC(=O)CC1=NC(=O)c1c(Cl)cccc1C1CC1)c1ccc(C(=O)O)cc1F. The Kier molecular flexibility index (Phi) is 5.93. The molecule has 4 rings (SSSR count). The number of carbonyl (C=O) groups is 3. The molecule has 2 aromatic carbocycles. The van der Waals surface area contributed by atoms with E-state index < -0.39 is 17.7 Å². The molecule has 2 aliphatic rings. The molecule has 3 N–H and O–H groups in total. The van der Waals surface area contributed by atoms with Gasteiger partial charge in [0.2, 0.25) is 0 Å². The number of allylic oxidation sites excluding steroid dienone is 1. The summed E-state index contributed by atoms with van der Waals surface area (Å²) in [4.78, 5) is 40.5. The first-order valence-corrected chi connectivity index (χ1v) is 10.6. The van der Waals surface area contributed by atoms with Crippen molar-refractivity contribution < 1.29 is 23.9 Å². The molecule has 32 heavy (non-hydrogen) atoms. The van der Waals surface area contributed by atoms with E-state index in [4.69, 9.17) is 22.4 Å². The molecule has 0 saturated heterocycles. The summed E-state index contributed by atoms with van der Waals surface area (Å²) < 4.78 is 14.6. The third kappa shape index (κ3) is 4.34. The number of halogens is 2. The molecule has 2 fully saturated rings. The monoisotopic (exact) mass is 454 g/mol. The van der Waals surface area contributed by atoms with Crippen LogP contribution in [0.5, 0.6) is 0 Å². The van der Waals surface area contributed by atoms with Gasteiger partial charge in [-0.15, -0.1) is 0 Å². The number of hydrogen-bond acceptors (Lipinski definition) is 4. The van der Waals surface area contributed by atoms with Crippen LogP contribution in [0.2, 0.25) is 5.02 Å². The van der Waals surface area contributed by atoms with E-state index >= 15 is 0 Å². The van der Waals surface area contributed by atoms with E-state index in [1.807, 2.05) is 6.07 Å². The van der Waals surface area contributed by atoms with E-state index in [0.717, 1.165) is 24.5 Å².